The number of phenols is 1. The number of hydrogen-bond acceptors (Lipinski definition) is 7. The van der Waals surface area contributed by atoms with Crippen LogP contribution in [0, 0.1) is 17.8 Å². The standard InChI is InChI=1S/C32H46N2O5/c33-32-19-25-14-11-23(7-5-17-35)6-4-10-29(38-22-26(25)21-34-32)20-27(36)15-12-24-13-16-30(37)31(18-24)39-28-8-2-1-3-9-28/h13,16,18-19,21,23,27-29,32,34-37H,1-10,12,15,17,20,22,33H2. The van der Waals surface area contributed by atoms with E-state index in [9.17, 15) is 15.3 Å². The first kappa shape index (κ1) is 29.5. The molecular weight excluding hydrogens is 492 g/mol. The van der Waals surface area contributed by atoms with Crippen LogP contribution in [-0.4, -0.2) is 53.0 Å². The summed E-state index contributed by atoms with van der Waals surface area (Å²) in [5, 5.41) is 33.7. The molecule has 0 saturated heterocycles. The number of phenolic OH excluding ortho intramolecular Hbond substituents is 1. The summed E-state index contributed by atoms with van der Waals surface area (Å²) in [6.45, 7) is 0.590. The van der Waals surface area contributed by atoms with Gasteiger partial charge in [0.05, 0.1) is 31.1 Å². The van der Waals surface area contributed by atoms with Gasteiger partial charge in [0, 0.05) is 29.9 Å². The lowest BCUT2D eigenvalue weighted by atomic mass is 9.94. The quantitative estimate of drug-likeness (QED) is 0.280. The van der Waals surface area contributed by atoms with Gasteiger partial charge in [0.1, 0.15) is 0 Å². The third kappa shape index (κ3) is 9.58. The molecule has 4 rings (SSSR count). The average Bonchev–Trinajstić information content (AvgIpc) is 2.97. The topological polar surface area (TPSA) is 117 Å². The number of nitrogens with two attached hydrogens (primary N) is 1. The van der Waals surface area contributed by atoms with E-state index in [-0.39, 0.29) is 36.6 Å². The molecular formula is C32H46N2O5. The molecule has 0 aromatic heterocycles. The van der Waals surface area contributed by atoms with Gasteiger partial charge >= 0.3 is 0 Å². The molecule has 1 aromatic carbocycles. The molecule has 7 nitrogen and oxygen atoms in total. The molecule has 1 aliphatic carbocycles. The van der Waals surface area contributed by atoms with E-state index in [0.717, 1.165) is 61.7 Å². The lowest BCUT2D eigenvalue weighted by Gasteiger charge is -2.24. The highest BCUT2D eigenvalue weighted by molar-refractivity contribution is 5.48. The lowest BCUT2D eigenvalue weighted by molar-refractivity contribution is 0.0165. The second-order valence-corrected chi connectivity index (χ2v) is 11.2. The van der Waals surface area contributed by atoms with Crippen molar-refractivity contribution in [1.29, 1.82) is 0 Å². The smallest absolute Gasteiger partial charge is 0.161 e. The fourth-order valence-electron chi connectivity index (χ4n) is 5.65. The van der Waals surface area contributed by atoms with Crippen molar-refractivity contribution in [1.82, 2.24) is 5.32 Å². The van der Waals surface area contributed by atoms with E-state index in [1.807, 2.05) is 24.4 Å². The van der Waals surface area contributed by atoms with E-state index in [2.05, 4.69) is 17.2 Å². The highest BCUT2D eigenvalue weighted by Crippen LogP contribution is 2.32. The van der Waals surface area contributed by atoms with Crippen LogP contribution in [0.3, 0.4) is 0 Å². The van der Waals surface area contributed by atoms with Gasteiger partial charge in [-0.05, 0) is 101 Å². The normalized spacial score (nSPS) is 25.1. The molecule has 0 spiro atoms. The lowest BCUT2D eigenvalue weighted by Crippen LogP contribution is -2.35. The molecule has 0 bridgehead atoms. The van der Waals surface area contributed by atoms with Crippen molar-refractivity contribution >= 4 is 0 Å². The Morgan fingerprint density at radius 2 is 1.97 bits per heavy atom. The molecule has 2 heterocycles. The zero-order chi connectivity index (χ0) is 27.5. The summed E-state index contributed by atoms with van der Waals surface area (Å²) in [4.78, 5) is 0. The molecule has 0 amide bonds. The number of aromatic hydroxyl groups is 1. The Balaban J connectivity index is 1.33. The van der Waals surface area contributed by atoms with Crippen LogP contribution in [0.4, 0.5) is 0 Å². The number of aryl methyl sites for hydroxylation is 1. The maximum atomic E-state index is 11.0. The van der Waals surface area contributed by atoms with Gasteiger partial charge in [0.25, 0.3) is 0 Å². The number of nitrogens with one attached hydrogen (secondary N) is 1. The highest BCUT2D eigenvalue weighted by atomic mass is 16.5. The van der Waals surface area contributed by atoms with E-state index in [1.165, 1.54) is 19.3 Å². The maximum absolute atomic E-state index is 11.0. The molecule has 1 aromatic rings. The number of benzene rings is 1. The minimum atomic E-state index is -0.500. The average molecular weight is 539 g/mol. The summed E-state index contributed by atoms with van der Waals surface area (Å²) in [6.07, 6.45) is 15.1. The molecule has 1 saturated carbocycles. The van der Waals surface area contributed by atoms with Crippen molar-refractivity contribution in [2.75, 3.05) is 13.2 Å². The van der Waals surface area contributed by atoms with E-state index < -0.39 is 6.10 Å². The van der Waals surface area contributed by atoms with Crippen LogP contribution >= 0.6 is 0 Å². The predicted octanol–water partition coefficient (Wildman–Crippen LogP) is 4.45. The van der Waals surface area contributed by atoms with E-state index >= 15 is 0 Å². The van der Waals surface area contributed by atoms with Gasteiger partial charge in [-0.2, -0.15) is 0 Å². The first-order valence-electron chi connectivity index (χ1n) is 14.8. The van der Waals surface area contributed by atoms with Crippen molar-refractivity contribution < 1.29 is 24.8 Å². The first-order valence-corrected chi connectivity index (χ1v) is 14.8. The highest BCUT2D eigenvalue weighted by Gasteiger charge is 2.21. The Morgan fingerprint density at radius 1 is 1.13 bits per heavy atom. The van der Waals surface area contributed by atoms with Crippen LogP contribution in [0.2, 0.25) is 0 Å². The Bertz CT molecular complexity index is 1040. The summed E-state index contributed by atoms with van der Waals surface area (Å²) < 4.78 is 12.4. The monoisotopic (exact) mass is 538 g/mol. The molecule has 3 aliphatic rings. The maximum Gasteiger partial charge on any atom is 0.161 e. The fraction of sp³-hybridized carbons (Fsp3) is 0.625. The van der Waals surface area contributed by atoms with Crippen LogP contribution in [-0.2, 0) is 11.2 Å². The van der Waals surface area contributed by atoms with Gasteiger partial charge in [0.15, 0.2) is 11.5 Å². The summed E-state index contributed by atoms with van der Waals surface area (Å²) in [5.74, 6) is 7.68. The Kier molecular flexibility index (Phi) is 11.6. The third-order valence-electron chi connectivity index (χ3n) is 7.99. The minimum absolute atomic E-state index is 0.0700. The van der Waals surface area contributed by atoms with Crippen molar-refractivity contribution in [3.05, 3.63) is 47.2 Å². The molecule has 39 heavy (non-hydrogen) atoms. The molecule has 6 N–H and O–H groups in total. The van der Waals surface area contributed by atoms with Gasteiger partial charge in [0.2, 0.25) is 0 Å². The Labute approximate surface area is 233 Å². The number of aliphatic hydroxyl groups is 2. The summed E-state index contributed by atoms with van der Waals surface area (Å²) in [6, 6.07) is 5.53. The number of ether oxygens (including phenoxy) is 2. The molecule has 4 unspecified atom stereocenters. The first-order chi connectivity index (χ1) is 19.0. The van der Waals surface area contributed by atoms with E-state index in [4.69, 9.17) is 15.2 Å². The summed E-state index contributed by atoms with van der Waals surface area (Å²) in [7, 11) is 0. The van der Waals surface area contributed by atoms with Crippen molar-refractivity contribution in [3.63, 3.8) is 0 Å². The van der Waals surface area contributed by atoms with Gasteiger partial charge in [-0.1, -0.05) is 24.3 Å². The molecule has 1 fully saturated rings. The molecule has 2 aliphatic heterocycles. The molecule has 214 valence electrons. The number of rotatable bonds is 10. The van der Waals surface area contributed by atoms with Crippen LogP contribution in [0.1, 0.15) is 82.6 Å². The van der Waals surface area contributed by atoms with Gasteiger partial charge < -0.3 is 35.8 Å². The zero-order valence-electron chi connectivity index (χ0n) is 23.1. The predicted molar refractivity (Wildman–Crippen MR) is 153 cm³/mol. The summed E-state index contributed by atoms with van der Waals surface area (Å²) in [5.41, 5.74) is 8.98. The summed E-state index contributed by atoms with van der Waals surface area (Å²) >= 11 is 0. The Morgan fingerprint density at radius 3 is 2.79 bits per heavy atom. The molecule has 0 radical (unpaired) electrons. The van der Waals surface area contributed by atoms with Crippen LogP contribution in [0.5, 0.6) is 11.5 Å². The van der Waals surface area contributed by atoms with Crippen LogP contribution < -0.4 is 15.8 Å². The fourth-order valence-corrected chi connectivity index (χ4v) is 5.65. The van der Waals surface area contributed by atoms with Gasteiger partial charge in [-0.25, -0.2) is 0 Å². The van der Waals surface area contributed by atoms with Crippen molar-refractivity contribution in [2.45, 2.75) is 108 Å². The largest absolute Gasteiger partial charge is 0.504 e. The van der Waals surface area contributed by atoms with E-state index in [0.29, 0.717) is 31.6 Å². The Hall–Kier alpha value is -2.50. The molecule has 7 heteroatoms. The molecule has 4 atom stereocenters. The number of hydrogen-bond donors (Lipinski definition) is 5. The zero-order valence-corrected chi connectivity index (χ0v) is 23.1. The number of dihydropyridines is 1. The van der Waals surface area contributed by atoms with Gasteiger partial charge in [-0.15, -0.1) is 0 Å². The third-order valence-corrected chi connectivity index (χ3v) is 7.99. The van der Waals surface area contributed by atoms with Gasteiger partial charge in [-0.3, -0.25) is 0 Å². The van der Waals surface area contributed by atoms with Crippen LogP contribution in [0.25, 0.3) is 0 Å². The minimum Gasteiger partial charge on any atom is -0.504 e. The second kappa shape index (κ2) is 15.3. The number of fused-ring (bicyclic) bond motifs is 1. The van der Waals surface area contributed by atoms with Crippen molar-refractivity contribution in [3.8, 4) is 23.3 Å². The SMILES string of the molecule is NC1C=C2C#CC(CCCO)CCCC(CC(O)CCc3ccc(O)c(OC4CCCCC4)c3)OCC2=CN1. The van der Waals surface area contributed by atoms with Crippen LogP contribution in [0.15, 0.2) is 41.6 Å². The second-order valence-electron chi connectivity index (χ2n) is 11.2. The van der Waals surface area contributed by atoms with Crippen molar-refractivity contribution in [2.24, 2.45) is 11.7 Å². The van der Waals surface area contributed by atoms with E-state index in [1.54, 1.807) is 6.07 Å². The number of aliphatic hydroxyl groups excluding tert-OH is 2.